The highest BCUT2D eigenvalue weighted by molar-refractivity contribution is 7.92. The molecule has 0 aliphatic heterocycles. The number of unbranched alkanes of at least 4 members (excludes halogenated alkanes) is 2. The SMILES string of the molecule is CCCCCS(=O)(=O)CC(=O)NCc1ccc(C(=O)O)cc1. The highest BCUT2D eigenvalue weighted by Crippen LogP contribution is 2.05. The maximum atomic E-state index is 11.7. The average molecular weight is 327 g/mol. The molecule has 0 aliphatic rings. The molecule has 0 aliphatic carbocycles. The van der Waals surface area contributed by atoms with E-state index in [9.17, 15) is 18.0 Å². The Morgan fingerprint density at radius 1 is 1.14 bits per heavy atom. The number of carbonyl (C=O) groups is 2. The minimum Gasteiger partial charge on any atom is -0.478 e. The van der Waals surface area contributed by atoms with E-state index in [4.69, 9.17) is 5.11 Å². The average Bonchev–Trinajstić information content (AvgIpc) is 2.45. The molecule has 1 amide bonds. The van der Waals surface area contributed by atoms with Gasteiger partial charge in [-0.15, -0.1) is 0 Å². The van der Waals surface area contributed by atoms with Gasteiger partial charge in [-0.25, -0.2) is 13.2 Å². The van der Waals surface area contributed by atoms with Gasteiger partial charge in [0, 0.05) is 6.54 Å². The van der Waals surface area contributed by atoms with Crippen LogP contribution in [0.1, 0.15) is 42.1 Å². The fourth-order valence-electron chi connectivity index (χ4n) is 1.86. The molecule has 0 heterocycles. The molecule has 0 atom stereocenters. The van der Waals surface area contributed by atoms with E-state index in [1.54, 1.807) is 12.1 Å². The largest absolute Gasteiger partial charge is 0.478 e. The highest BCUT2D eigenvalue weighted by Gasteiger charge is 2.15. The maximum absolute atomic E-state index is 11.7. The minimum absolute atomic E-state index is 0.0293. The lowest BCUT2D eigenvalue weighted by Crippen LogP contribution is -2.30. The van der Waals surface area contributed by atoms with Gasteiger partial charge in [0.1, 0.15) is 5.75 Å². The third kappa shape index (κ3) is 6.71. The van der Waals surface area contributed by atoms with Crippen molar-refractivity contribution in [2.45, 2.75) is 32.7 Å². The number of carboxylic acids is 1. The molecule has 7 heteroatoms. The molecule has 122 valence electrons. The Hall–Kier alpha value is -1.89. The van der Waals surface area contributed by atoms with Gasteiger partial charge >= 0.3 is 5.97 Å². The second kappa shape index (κ2) is 8.53. The van der Waals surface area contributed by atoms with Gasteiger partial charge in [0.2, 0.25) is 5.91 Å². The third-order valence-electron chi connectivity index (χ3n) is 3.10. The van der Waals surface area contributed by atoms with E-state index in [0.29, 0.717) is 12.0 Å². The zero-order valence-corrected chi connectivity index (χ0v) is 13.4. The molecule has 22 heavy (non-hydrogen) atoms. The first-order chi connectivity index (χ1) is 10.3. The third-order valence-corrected chi connectivity index (χ3v) is 4.71. The lowest BCUT2D eigenvalue weighted by Gasteiger charge is -2.07. The second-order valence-electron chi connectivity index (χ2n) is 5.08. The number of carbonyl (C=O) groups excluding carboxylic acids is 1. The van der Waals surface area contributed by atoms with Gasteiger partial charge in [-0.3, -0.25) is 4.79 Å². The first-order valence-electron chi connectivity index (χ1n) is 7.13. The van der Waals surface area contributed by atoms with Crippen LogP contribution in [0.4, 0.5) is 0 Å². The fourth-order valence-corrected chi connectivity index (χ4v) is 3.15. The van der Waals surface area contributed by atoms with Crippen LogP contribution in [-0.2, 0) is 21.2 Å². The van der Waals surface area contributed by atoms with Crippen molar-refractivity contribution in [2.75, 3.05) is 11.5 Å². The van der Waals surface area contributed by atoms with Crippen LogP contribution in [0.15, 0.2) is 24.3 Å². The zero-order valence-electron chi connectivity index (χ0n) is 12.5. The Morgan fingerprint density at radius 2 is 1.77 bits per heavy atom. The van der Waals surface area contributed by atoms with Crippen molar-refractivity contribution < 1.29 is 23.1 Å². The lowest BCUT2D eigenvalue weighted by molar-refractivity contribution is -0.118. The number of carboxylic acid groups (broad SMARTS) is 1. The van der Waals surface area contributed by atoms with Crippen molar-refractivity contribution in [3.63, 3.8) is 0 Å². The van der Waals surface area contributed by atoms with Gasteiger partial charge in [0.15, 0.2) is 9.84 Å². The summed E-state index contributed by atoms with van der Waals surface area (Å²) in [5, 5.41) is 11.3. The summed E-state index contributed by atoms with van der Waals surface area (Å²) in [5.74, 6) is -2.04. The van der Waals surface area contributed by atoms with Gasteiger partial charge < -0.3 is 10.4 Å². The van der Waals surface area contributed by atoms with E-state index < -0.39 is 27.5 Å². The number of hydrogen-bond acceptors (Lipinski definition) is 4. The van der Waals surface area contributed by atoms with Crippen LogP contribution in [-0.4, -0.2) is 36.9 Å². The zero-order chi connectivity index (χ0) is 16.6. The van der Waals surface area contributed by atoms with Gasteiger partial charge in [0.05, 0.1) is 11.3 Å². The van der Waals surface area contributed by atoms with Crippen LogP contribution in [0.5, 0.6) is 0 Å². The number of nitrogens with one attached hydrogen (secondary N) is 1. The quantitative estimate of drug-likeness (QED) is 0.671. The van der Waals surface area contributed by atoms with Crippen LogP contribution in [0.25, 0.3) is 0 Å². The van der Waals surface area contributed by atoms with E-state index >= 15 is 0 Å². The van der Waals surface area contributed by atoms with Crippen molar-refractivity contribution in [2.24, 2.45) is 0 Å². The number of hydrogen-bond donors (Lipinski definition) is 2. The first kappa shape index (κ1) is 18.2. The molecule has 0 radical (unpaired) electrons. The normalized spacial score (nSPS) is 11.1. The Labute approximate surface area is 130 Å². The van der Waals surface area contributed by atoms with Crippen LogP contribution in [0.3, 0.4) is 0 Å². The second-order valence-corrected chi connectivity index (χ2v) is 7.26. The van der Waals surface area contributed by atoms with E-state index in [1.807, 2.05) is 6.92 Å². The molecular formula is C15H21NO5S. The minimum atomic E-state index is -3.37. The van der Waals surface area contributed by atoms with Crippen LogP contribution in [0.2, 0.25) is 0 Å². The molecule has 2 N–H and O–H groups in total. The Bertz CT molecular complexity index is 607. The predicted molar refractivity (Wildman–Crippen MR) is 83.4 cm³/mol. The van der Waals surface area contributed by atoms with Crippen LogP contribution < -0.4 is 5.32 Å². The molecule has 0 fully saturated rings. The molecule has 6 nitrogen and oxygen atoms in total. The standard InChI is InChI=1S/C15H21NO5S/c1-2-3-4-9-22(20,21)11-14(17)16-10-12-5-7-13(8-6-12)15(18)19/h5-8H,2-4,9-11H2,1H3,(H,16,17)(H,18,19). The Morgan fingerprint density at radius 3 is 2.32 bits per heavy atom. The van der Waals surface area contributed by atoms with Gasteiger partial charge in [-0.2, -0.15) is 0 Å². The van der Waals surface area contributed by atoms with E-state index in [0.717, 1.165) is 12.8 Å². The summed E-state index contributed by atoms with van der Waals surface area (Å²) in [5.41, 5.74) is 0.871. The van der Waals surface area contributed by atoms with E-state index in [2.05, 4.69) is 5.32 Å². The topological polar surface area (TPSA) is 101 Å². The molecule has 0 aromatic heterocycles. The van der Waals surface area contributed by atoms with E-state index in [-0.39, 0.29) is 17.9 Å². The summed E-state index contributed by atoms with van der Waals surface area (Å²) < 4.78 is 23.4. The summed E-state index contributed by atoms with van der Waals surface area (Å²) in [4.78, 5) is 22.4. The first-order valence-corrected chi connectivity index (χ1v) is 8.95. The number of sulfone groups is 1. The van der Waals surface area contributed by atoms with Crippen LogP contribution >= 0.6 is 0 Å². The van der Waals surface area contributed by atoms with Crippen molar-refractivity contribution >= 4 is 21.7 Å². The lowest BCUT2D eigenvalue weighted by atomic mass is 10.1. The molecule has 0 unspecified atom stereocenters. The molecule has 0 spiro atoms. The summed E-state index contributed by atoms with van der Waals surface area (Å²) in [7, 11) is -3.37. The monoisotopic (exact) mass is 327 g/mol. The smallest absolute Gasteiger partial charge is 0.335 e. The van der Waals surface area contributed by atoms with Gasteiger partial charge in [-0.1, -0.05) is 31.9 Å². The summed E-state index contributed by atoms with van der Waals surface area (Å²) >= 11 is 0. The number of amides is 1. The molecule has 1 aromatic carbocycles. The molecule has 0 bridgehead atoms. The van der Waals surface area contributed by atoms with E-state index in [1.165, 1.54) is 12.1 Å². The molecular weight excluding hydrogens is 306 g/mol. The van der Waals surface area contributed by atoms with Crippen molar-refractivity contribution in [3.8, 4) is 0 Å². The summed E-state index contributed by atoms with van der Waals surface area (Å²) in [6.45, 7) is 2.15. The van der Waals surface area contributed by atoms with Crippen molar-refractivity contribution in [1.82, 2.24) is 5.32 Å². The molecule has 0 saturated heterocycles. The highest BCUT2D eigenvalue weighted by atomic mass is 32.2. The van der Waals surface area contributed by atoms with Crippen molar-refractivity contribution in [1.29, 1.82) is 0 Å². The predicted octanol–water partition coefficient (Wildman–Crippen LogP) is 1.61. The summed E-state index contributed by atoms with van der Waals surface area (Å²) in [6.07, 6.45) is 2.33. The fraction of sp³-hybridized carbons (Fsp3) is 0.467. The van der Waals surface area contributed by atoms with Crippen molar-refractivity contribution in [3.05, 3.63) is 35.4 Å². The Balaban J connectivity index is 2.44. The van der Waals surface area contributed by atoms with Gasteiger partial charge in [0.25, 0.3) is 0 Å². The number of rotatable bonds is 9. The van der Waals surface area contributed by atoms with Crippen LogP contribution in [0, 0.1) is 0 Å². The molecule has 0 saturated carbocycles. The summed E-state index contributed by atoms with van der Waals surface area (Å²) in [6, 6.07) is 6.04. The van der Waals surface area contributed by atoms with Gasteiger partial charge in [-0.05, 0) is 24.1 Å². The molecule has 1 rings (SSSR count). The number of aromatic carboxylic acids is 1. The Kier molecular flexibility index (Phi) is 7.04. The maximum Gasteiger partial charge on any atom is 0.335 e. The number of benzene rings is 1. The molecule has 1 aromatic rings.